The highest BCUT2D eigenvalue weighted by Gasteiger charge is 2.21. The van der Waals surface area contributed by atoms with Crippen LogP contribution in [-0.2, 0) is 27.4 Å². The topological polar surface area (TPSA) is 129 Å². The van der Waals surface area contributed by atoms with Crippen molar-refractivity contribution in [3.05, 3.63) is 71.3 Å². The van der Waals surface area contributed by atoms with Gasteiger partial charge in [0.15, 0.2) is 0 Å². The zero-order valence-electron chi connectivity index (χ0n) is 17.8. The number of carboxylic acid groups (broad SMARTS) is 1. The van der Waals surface area contributed by atoms with Crippen molar-refractivity contribution < 1.29 is 24.2 Å². The van der Waals surface area contributed by atoms with E-state index in [1.807, 2.05) is 36.4 Å². The highest BCUT2D eigenvalue weighted by Crippen LogP contribution is 2.11. The van der Waals surface area contributed by atoms with Gasteiger partial charge in [-0.2, -0.15) is 5.26 Å². The van der Waals surface area contributed by atoms with E-state index in [0.717, 1.165) is 5.56 Å². The van der Waals surface area contributed by atoms with Gasteiger partial charge in [0, 0.05) is 19.4 Å². The van der Waals surface area contributed by atoms with Crippen LogP contribution in [0.5, 0.6) is 0 Å². The predicted molar refractivity (Wildman–Crippen MR) is 118 cm³/mol. The first-order chi connectivity index (χ1) is 15.5. The molecule has 0 aliphatic rings. The third-order valence-corrected chi connectivity index (χ3v) is 4.76. The molecule has 0 saturated heterocycles. The van der Waals surface area contributed by atoms with Gasteiger partial charge in [0.2, 0.25) is 5.91 Å². The molecule has 0 radical (unpaired) electrons. The number of hydrogen-bond donors (Lipinski definition) is 3. The zero-order chi connectivity index (χ0) is 23.2. The van der Waals surface area contributed by atoms with Crippen LogP contribution in [-0.4, -0.2) is 35.7 Å². The van der Waals surface area contributed by atoms with Crippen molar-refractivity contribution in [2.45, 2.75) is 44.8 Å². The minimum atomic E-state index is -1.15. The molecule has 0 aliphatic carbocycles. The lowest BCUT2D eigenvalue weighted by Crippen LogP contribution is -2.42. The fraction of sp³-hybridized carbons (Fsp3) is 0.333. The van der Waals surface area contributed by atoms with Gasteiger partial charge in [-0.25, -0.2) is 9.59 Å². The molecule has 168 valence electrons. The molecule has 0 aliphatic heterocycles. The molecular weight excluding hydrogens is 410 g/mol. The molecule has 0 heterocycles. The largest absolute Gasteiger partial charge is 0.480 e. The highest BCUT2D eigenvalue weighted by atomic mass is 16.5. The number of carbonyl (C=O) groups is 3. The maximum Gasteiger partial charge on any atom is 0.407 e. The predicted octanol–water partition coefficient (Wildman–Crippen LogP) is 3.16. The van der Waals surface area contributed by atoms with E-state index < -0.39 is 18.1 Å². The summed E-state index contributed by atoms with van der Waals surface area (Å²) in [7, 11) is 0. The van der Waals surface area contributed by atoms with Crippen LogP contribution in [0.1, 0.15) is 42.4 Å². The summed E-state index contributed by atoms with van der Waals surface area (Å²) in [6.45, 7) is 0.633. The van der Waals surface area contributed by atoms with Gasteiger partial charge in [-0.05, 0) is 30.0 Å². The van der Waals surface area contributed by atoms with Gasteiger partial charge < -0.3 is 20.5 Å². The number of alkyl carbamates (subject to hydrolysis) is 1. The number of amides is 2. The van der Waals surface area contributed by atoms with Gasteiger partial charge in [-0.3, -0.25) is 4.79 Å². The van der Waals surface area contributed by atoms with E-state index in [-0.39, 0.29) is 25.4 Å². The van der Waals surface area contributed by atoms with E-state index in [1.54, 1.807) is 24.3 Å². The number of benzene rings is 2. The number of rotatable bonds is 12. The van der Waals surface area contributed by atoms with Crippen molar-refractivity contribution in [3.8, 4) is 6.07 Å². The smallest absolute Gasteiger partial charge is 0.407 e. The van der Waals surface area contributed by atoms with Crippen molar-refractivity contribution in [3.63, 3.8) is 0 Å². The third-order valence-electron chi connectivity index (χ3n) is 4.76. The number of carboxylic acids is 1. The van der Waals surface area contributed by atoms with E-state index in [9.17, 15) is 19.5 Å². The number of nitrogens with zero attached hydrogens (tertiary/aromatic N) is 1. The number of carbonyl (C=O) groups excluding carboxylic acids is 2. The van der Waals surface area contributed by atoms with Crippen LogP contribution < -0.4 is 10.6 Å². The molecule has 0 unspecified atom stereocenters. The average Bonchev–Trinajstić information content (AvgIpc) is 2.80. The lowest BCUT2D eigenvalue weighted by molar-refractivity contribution is -0.141. The second-order valence-electron chi connectivity index (χ2n) is 7.23. The van der Waals surface area contributed by atoms with Crippen molar-refractivity contribution in [1.29, 1.82) is 5.26 Å². The Morgan fingerprint density at radius 2 is 1.72 bits per heavy atom. The molecule has 0 fully saturated rings. The molecule has 1 atom stereocenters. The Kier molecular flexibility index (Phi) is 10.3. The minimum absolute atomic E-state index is 0.0415. The lowest BCUT2D eigenvalue weighted by Gasteiger charge is -2.15. The quantitative estimate of drug-likeness (QED) is 0.438. The first-order valence-electron chi connectivity index (χ1n) is 10.4. The van der Waals surface area contributed by atoms with Gasteiger partial charge in [0.05, 0.1) is 11.6 Å². The summed E-state index contributed by atoms with van der Waals surface area (Å²) in [6, 6.07) is 17.0. The molecule has 0 spiro atoms. The Labute approximate surface area is 187 Å². The normalized spacial score (nSPS) is 11.1. The van der Waals surface area contributed by atoms with Crippen molar-refractivity contribution in [2.75, 3.05) is 6.54 Å². The zero-order valence-corrected chi connectivity index (χ0v) is 17.8. The van der Waals surface area contributed by atoms with Crippen molar-refractivity contribution in [2.24, 2.45) is 0 Å². The molecule has 0 saturated carbocycles. The van der Waals surface area contributed by atoms with Crippen molar-refractivity contribution in [1.82, 2.24) is 10.6 Å². The highest BCUT2D eigenvalue weighted by molar-refractivity contribution is 5.83. The number of nitriles is 1. The Morgan fingerprint density at radius 3 is 2.44 bits per heavy atom. The number of nitrogens with one attached hydrogen (secondary N) is 2. The molecule has 2 amide bonds. The van der Waals surface area contributed by atoms with Crippen LogP contribution in [0.4, 0.5) is 4.79 Å². The van der Waals surface area contributed by atoms with Gasteiger partial charge in [-0.1, -0.05) is 55.0 Å². The van der Waals surface area contributed by atoms with Gasteiger partial charge in [0.25, 0.3) is 0 Å². The fourth-order valence-electron chi connectivity index (χ4n) is 3.05. The first-order valence-corrected chi connectivity index (χ1v) is 10.4. The first kappa shape index (κ1) is 24.4. The lowest BCUT2D eigenvalue weighted by atomic mass is 10.0. The van der Waals surface area contributed by atoms with Gasteiger partial charge >= 0.3 is 12.1 Å². The summed E-state index contributed by atoms with van der Waals surface area (Å²) in [6.07, 6.45) is 1.66. The molecule has 8 heteroatoms. The molecule has 2 rings (SSSR count). The Morgan fingerprint density at radius 1 is 1.00 bits per heavy atom. The summed E-state index contributed by atoms with van der Waals surface area (Å²) < 4.78 is 5.11. The third kappa shape index (κ3) is 8.88. The van der Waals surface area contributed by atoms with Crippen LogP contribution in [0.15, 0.2) is 54.6 Å². The fourth-order valence-corrected chi connectivity index (χ4v) is 3.05. The van der Waals surface area contributed by atoms with E-state index in [4.69, 9.17) is 10.00 Å². The molecule has 0 bridgehead atoms. The van der Waals surface area contributed by atoms with Crippen LogP contribution in [0.2, 0.25) is 0 Å². The molecule has 2 aromatic carbocycles. The summed E-state index contributed by atoms with van der Waals surface area (Å²) in [5.41, 5.74) is 1.88. The Bertz CT molecular complexity index is 940. The molecule has 2 aromatic rings. The molecule has 8 nitrogen and oxygen atoms in total. The number of hydrogen-bond acceptors (Lipinski definition) is 5. The second kappa shape index (κ2) is 13.4. The standard InChI is InChI=1S/C24H27N3O5/c25-16-20-12-7-6-11-19(20)15-21(23(29)30)27-22(28)13-5-2-8-14-26-24(31)32-17-18-9-3-1-4-10-18/h1,3-4,6-7,9-12,21H,2,5,8,13-15,17H2,(H,26,31)(H,27,28)(H,29,30)/t21-/m1/s1. The maximum atomic E-state index is 12.1. The van der Waals surface area contributed by atoms with E-state index >= 15 is 0 Å². The number of unbranched alkanes of at least 4 members (excludes halogenated alkanes) is 2. The van der Waals surface area contributed by atoms with Crippen LogP contribution >= 0.6 is 0 Å². The van der Waals surface area contributed by atoms with Crippen LogP contribution in [0, 0.1) is 11.3 Å². The monoisotopic (exact) mass is 437 g/mol. The van der Waals surface area contributed by atoms with Gasteiger partial charge in [-0.15, -0.1) is 0 Å². The molecular formula is C24H27N3O5. The summed E-state index contributed by atoms with van der Waals surface area (Å²) in [5.74, 6) is -1.51. The maximum absolute atomic E-state index is 12.1. The number of aliphatic carboxylic acids is 1. The van der Waals surface area contributed by atoms with Crippen LogP contribution in [0.3, 0.4) is 0 Å². The van der Waals surface area contributed by atoms with Gasteiger partial charge in [0.1, 0.15) is 12.6 Å². The van der Waals surface area contributed by atoms with E-state index in [2.05, 4.69) is 10.6 Å². The summed E-state index contributed by atoms with van der Waals surface area (Å²) in [5, 5.41) is 23.7. The molecule has 3 N–H and O–H groups in total. The minimum Gasteiger partial charge on any atom is -0.480 e. The number of ether oxygens (including phenoxy) is 1. The SMILES string of the molecule is N#Cc1ccccc1C[C@@H](NC(=O)CCCCCNC(=O)OCc1ccccc1)C(=O)O. The van der Waals surface area contributed by atoms with Crippen molar-refractivity contribution >= 4 is 18.0 Å². The van der Waals surface area contributed by atoms with E-state index in [1.165, 1.54) is 0 Å². The Balaban J connectivity index is 1.62. The molecule has 0 aromatic heterocycles. The second-order valence-corrected chi connectivity index (χ2v) is 7.23. The summed E-state index contributed by atoms with van der Waals surface area (Å²) >= 11 is 0. The molecule has 32 heavy (non-hydrogen) atoms. The Hall–Kier alpha value is -3.86. The van der Waals surface area contributed by atoms with Crippen LogP contribution in [0.25, 0.3) is 0 Å². The average molecular weight is 437 g/mol. The van der Waals surface area contributed by atoms with E-state index in [0.29, 0.717) is 36.9 Å². The summed E-state index contributed by atoms with van der Waals surface area (Å²) in [4.78, 5) is 35.3.